The normalized spacial score (nSPS) is 20.8. The van der Waals surface area contributed by atoms with E-state index in [0.717, 1.165) is 26.2 Å². The molecule has 1 aliphatic rings. The maximum absolute atomic E-state index is 5.73. The van der Waals surface area contributed by atoms with Gasteiger partial charge in [0.25, 0.3) is 0 Å². The van der Waals surface area contributed by atoms with Crippen LogP contribution in [0.25, 0.3) is 0 Å². The highest BCUT2D eigenvalue weighted by molar-refractivity contribution is 6.30. The highest BCUT2D eigenvalue weighted by Crippen LogP contribution is 2.10. The Morgan fingerprint density at radius 1 is 1.56 bits per heavy atom. The molecule has 0 spiro atoms. The second kappa shape index (κ2) is 5.43. The van der Waals surface area contributed by atoms with E-state index in [4.69, 9.17) is 16.3 Å². The lowest BCUT2D eigenvalue weighted by Gasteiger charge is -2.27. The number of likely N-dealkylation sites (N-methyl/N-ethyl adjacent to an activating group) is 1. The quantitative estimate of drug-likeness (QED) is 0.839. The Labute approximate surface area is 99.8 Å². The molecule has 1 aliphatic heterocycles. The molecule has 1 aromatic heterocycles. The van der Waals surface area contributed by atoms with Crippen molar-refractivity contribution in [3.63, 3.8) is 0 Å². The van der Waals surface area contributed by atoms with E-state index >= 15 is 0 Å². The summed E-state index contributed by atoms with van der Waals surface area (Å²) in [7, 11) is 1.95. The molecule has 5 nitrogen and oxygen atoms in total. The number of hydrogen-bond acceptors (Lipinski definition) is 5. The van der Waals surface area contributed by atoms with Crippen molar-refractivity contribution in [2.45, 2.75) is 6.10 Å². The van der Waals surface area contributed by atoms with E-state index in [9.17, 15) is 0 Å². The van der Waals surface area contributed by atoms with Gasteiger partial charge in [0.15, 0.2) is 0 Å². The van der Waals surface area contributed by atoms with Gasteiger partial charge < -0.3 is 15.0 Å². The summed E-state index contributed by atoms with van der Waals surface area (Å²) in [6, 6.07) is 0. The van der Waals surface area contributed by atoms with Gasteiger partial charge in [0.1, 0.15) is 0 Å². The SMILES string of the molecule is CN(CC1CNCCO1)c1ncc(Cl)cn1. The monoisotopic (exact) mass is 242 g/mol. The van der Waals surface area contributed by atoms with E-state index in [-0.39, 0.29) is 6.10 Å². The minimum atomic E-state index is 0.193. The standard InChI is InChI=1S/C10H15ClN4O/c1-15(7-9-6-12-2-3-16-9)10-13-4-8(11)5-14-10/h4-5,9,12H,2-3,6-7H2,1H3. The second-order valence-corrected chi connectivity index (χ2v) is 4.22. The van der Waals surface area contributed by atoms with Gasteiger partial charge in [-0.3, -0.25) is 0 Å². The molecule has 1 saturated heterocycles. The van der Waals surface area contributed by atoms with E-state index in [1.54, 1.807) is 12.4 Å². The molecule has 1 aromatic rings. The van der Waals surface area contributed by atoms with Gasteiger partial charge in [-0.05, 0) is 0 Å². The van der Waals surface area contributed by atoms with Crippen molar-refractivity contribution in [1.82, 2.24) is 15.3 Å². The molecule has 2 rings (SSSR count). The minimum absolute atomic E-state index is 0.193. The second-order valence-electron chi connectivity index (χ2n) is 3.78. The van der Waals surface area contributed by atoms with Gasteiger partial charge in [-0.2, -0.15) is 0 Å². The maximum atomic E-state index is 5.73. The molecule has 0 aromatic carbocycles. The average Bonchev–Trinajstić information content (AvgIpc) is 2.31. The van der Waals surface area contributed by atoms with Crippen molar-refractivity contribution < 1.29 is 4.74 Å². The van der Waals surface area contributed by atoms with Crippen LogP contribution in [0.1, 0.15) is 0 Å². The van der Waals surface area contributed by atoms with Gasteiger partial charge in [0.2, 0.25) is 5.95 Å². The van der Waals surface area contributed by atoms with Crippen LogP contribution in [0.5, 0.6) is 0 Å². The highest BCUT2D eigenvalue weighted by Gasteiger charge is 2.16. The van der Waals surface area contributed by atoms with Crippen LogP contribution >= 0.6 is 11.6 Å². The fourth-order valence-electron chi connectivity index (χ4n) is 1.63. The smallest absolute Gasteiger partial charge is 0.225 e. The first-order valence-corrected chi connectivity index (χ1v) is 5.64. The molecule has 0 radical (unpaired) electrons. The fourth-order valence-corrected chi connectivity index (χ4v) is 1.72. The number of halogens is 1. The Bertz CT molecular complexity index is 326. The van der Waals surface area contributed by atoms with Crippen LogP contribution < -0.4 is 10.2 Å². The number of nitrogens with zero attached hydrogens (tertiary/aromatic N) is 3. The number of aromatic nitrogens is 2. The zero-order valence-electron chi connectivity index (χ0n) is 9.19. The molecule has 0 aliphatic carbocycles. The van der Waals surface area contributed by atoms with Gasteiger partial charge in [-0.15, -0.1) is 0 Å². The van der Waals surface area contributed by atoms with E-state index in [1.807, 2.05) is 11.9 Å². The van der Waals surface area contributed by atoms with Crippen LogP contribution in [0.3, 0.4) is 0 Å². The molecule has 6 heteroatoms. The highest BCUT2D eigenvalue weighted by atomic mass is 35.5. The third kappa shape index (κ3) is 3.04. The van der Waals surface area contributed by atoms with Crippen molar-refractivity contribution in [3.05, 3.63) is 17.4 Å². The number of morpholine rings is 1. The van der Waals surface area contributed by atoms with Crippen LogP contribution in [0.15, 0.2) is 12.4 Å². The van der Waals surface area contributed by atoms with Crippen LogP contribution in [-0.4, -0.2) is 49.4 Å². The van der Waals surface area contributed by atoms with Gasteiger partial charge in [-0.1, -0.05) is 11.6 Å². The maximum Gasteiger partial charge on any atom is 0.225 e. The predicted molar refractivity (Wildman–Crippen MR) is 62.9 cm³/mol. The molecule has 0 saturated carbocycles. The first kappa shape index (κ1) is 11.6. The van der Waals surface area contributed by atoms with E-state index in [2.05, 4.69) is 15.3 Å². The van der Waals surface area contributed by atoms with E-state index in [1.165, 1.54) is 0 Å². The minimum Gasteiger partial charge on any atom is -0.374 e. The van der Waals surface area contributed by atoms with Crippen molar-refractivity contribution in [2.24, 2.45) is 0 Å². The summed E-state index contributed by atoms with van der Waals surface area (Å²) < 4.78 is 5.61. The summed E-state index contributed by atoms with van der Waals surface area (Å²) in [4.78, 5) is 10.3. The van der Waals surface area contributed by atoms with Gasteiger partial charge in [0.05, 0.1) is 30.1 Å². The Balaban J connectivity index is 1.91. The Morgan fingerprint density at radius 2 is 2.31 bits per heavy atom. The molecule has 2 heterocycles. The first-order chi connectivity index (χ1) is 7.75. The number of rotatable bonds is 3. The summed E-state index contributed by atoms with van der Waals surface area (Å²) in [6.07, 6.45) is 3.39. The third-order valence-corrected chi connectivity index (χ3v) is 2.63. The Morgan fingerprint density at radius 3 is 2.94 bits per heavy atom. The van der Waals surface area contributed by atoms with Crippen molar-refractivity contribution in [3.8, 4) is 0 Å². The molecule has 1 fully saturated rings. The van der Waals surface area contributed by atoms with Crippen LogP contribution in [-0.2, 0) is 4.74 Å². The third-order valence-electron chi connectivity index (χ3n) is 2.43. The first-order valence-electron chi connectivity index (χ1n) is 5.26. The summed E-state index contributed by atoms with van der Waals surface area (Å²) in [5.74, 6) is 0.665. The van der Waals surface area contributed by atoms with Crippen LogP contribution in [0.4, 0.5) is 5.95 Å². The summed E-state index contributed by atoms with van der Waals surface area (Å²) >= 11 is 5.73. The molecular formula is C10H15ClN4O. The number of anilines is 1. The van der Waals surface area contributed by atoms with Crippen molar-refractivity contribution in [1.29, 1.82) is 0 Å². The molecule has 1 N–H and O–H groups in total. The van der Waals surface area contributed by atoms with Crippen LogP contribution in [0.2, 0.25) is 5.02 Å². The average molecular weight is 243 g/mol. The Kier molecular flexibility index (Phi) is 3.93. The lowest BCUT2D eigenvalue weighted by atomic mass is 10.3. The predicted octanol–water partition coefficient (Wildman–Crippen LogP) is 0.555. The fraction of sp³-hybridized carbons (Fsp3) is 0.600. The van der Waals surface area contributed by atoms with Gasteiger partial charge in [-0.25, -0.2) is 9.97 Å². The topological polar surface area (TPSA) is 50.3 Å². The van der Waals surface area contributed by atoms with Gasteiger partial charge >= 0.3 is 0 Å². The summed E-state index contributed by atoms with van der Waals surface area (Å²) in [6.45, 7) is 3.34. The largest absolute Gasteiger partial charge is 0.374 e. The van der Waals surface area contributed by atoms with E-state index < -0.39 is 0 Å². The van der Waals surface area contributed by atoms with Crippen molar-refractivity contribution >= 4 is 17.5 Å². The number of ether oxygens (including phenoxy) is 1. The summed E-state index contributed by atoms with van der Waals surface area (Å²) in [5, 5.41) is 3.84. The van der Waals surface area contributed by atoms with Crippen molar-refractivity contribution in [2.75, 3.05) is 38.2 Å². The zero-order valence-corrected chi connectivity index (χ0v) is 9.94. The molecule has 1 unspecified atom stereocenters. The van der Waals surface area contributed by atoms with E-state index in [0.29, 0.717) is 11.0 Å². The Hall–Kier alpha value is -0.910. The lowest BCUT2D eigenvalue weighted by molar-refractivity contribution is 0.0338. The molecule has 1 atom stereocenters. The molecular weight excluding hydrogens is 228 g/mol. The zero-order chi connectivity index (χ0) is 11.4. The number of hydrogen-bond donors (Lipinski definition) is 1. The molecule has 88 valence electrons. The molecule has 0 amide bonds. The lowest BCUT2D eigenvalue weighted by Crippen LogP contribution is -2.44. The number of nitrogens with one attached hydrogen (secondary N) is 1. The van der Waals surface area contributed by atoms with Gasteiger partial charge in [0, 0.05) is 26.7 Å². The summed E-state index contributed by atoms with van der Waals surface area (Å²) in [5.41, 5.74) is 0. The van der Waals surface area contributed by atoms with Crippen LogP contribution in [0, 0.1) is 0 Å². The molecule has 16 heavy (non-hydrogen) atoms. The molecule has 0 bridgehead atoms.